The van der Waals surface area contributed by atoms with Gasteiger partial charge in [0.1, 0.15) is 11.5 Å². The van der Waals surface area contributed by atoms with Crippen molar-refractivity contribution in [2.24, 2.45) is 5.10 Å². The van der Waals surface area contributed by atoms with E-state index in [0.717, 1.165) is 23.4 Å². The van der Waals surface area contributed by atoms with Crippen LogP contribution in [0.15, 0.2) is 64.3 Å². The molecule has 0 fully saturated rings. The lowest BCUT2D eigenvalue weighted by atomic mass is 9.97. The number of halogens is 2. The van der Waals surface area contributed by atoms with Gasteiger partial charge in [0.15, 0.2) is 23.1 Å². The summed E-state index contributed by atoms with van der Waals surface area (Å²) in [7, 11) is 1.57. The third kappa shape index (κ3) is 2.54. The molecule has 3 heterocycles. The highest BCUT2D eigenvalue weighted by Crippen LogP contribution is 2.50. The summed E-state index contributed by atoms with van der Waals surface area (Å²) in [6.45, 7) is 0. The summed E-state index contributed by atoms with van der Waals surface area (Å²) in [4.78, 5) is 0. The minimum Gasteiger partial charge on any atom is -0.493 e. The third-order valence-corrected chi connectivity index (χ3v) is 5.03. The van der Waals surface area contributed by atoms with Crippen LogP contribution in [-0.2, 0) is 0 Å². The lowest BCUT2D eigenvalue weighted by molar-refractivity contribution is -0.0211. The van der Waals surface area contributed by atoms with Crippen molar-refractivity contribution in [1.82, 2.24) is 5.01 Å². The van der Waals surface area contributed by atoms with Crippen molar-refractivity contribution in [2.45, 2.75) is 18.7 Å². The SMILES string of the molecule is COc1cccc2c1O[C@H](c1ccc(F)c(F)c1)N1N=C(c3ccco3)C[C@H]21. The highest BCUT2D eigenvalue weighted by Gasteiger charge is 2.42. The number of furan rings is 1. The first kappa shape index (κ1) is 16.8. The van der Waals surface area contributed by atoms with E-state index in [1.54, 1.807) is 30.5 Å². The largest absolute Gasteiger partial charge is 0.493 e. The summed E-state index contributed by atoms with van der Waals surface area (Å²) in [6, 6.07) is 12.9. The first-order valence-corrected chi connectivity index (χ1v) is 8.84. The van der Waals surface area contributed by atoms with Crippen molar-refractivity contribution < 1.29 is 22.7 Å². The molecule has 0 spiro atoms. The second-order valence-electron chi connectivity index (χ2n) is 6.65. The Labute approximate surface area is 159 Å². The lowest BCUT2D eigenvalue weighted by Crippen LogP contribution is -2.34. The molecular weight excluding hydrogens is 366 g/mol. The second-order valence-corrected chi connectivity index (χ2v) is 6.65. The Hall–Kier alpha value is -3.35. The molecule has 0 amide bonds. The number of ether oxygens (including phenoxy) is 2. The second kappa shape index (κ2) is 6.37. The summed E-state index contributed by atoms with van der Waals surface area (Å²) in [5.74, 6) is -0.0101. The molecule has 0 radical (unpaired) electrons. The fourth-order valence-electron chi connectivity index (χ4n) is 3.72. The molecule has 28 heavy (non-hydrogen) atoms. The topological polar surface area (TPSA) is 47.2 Å². The molecule has 3 aromatic rings. The summed E-state index contributed by atoms with van der Waals surface area (Å²) < 4.78 is 44.5. The Morgan fingerprint density at radius 3 is 2.75 bits per heavy atom. The van der Waals surface area contributed by atoms with Gasteiger partial charge >= 0.3 is 0 Å². The van der Waals surface area contributed by atoms with Crippen LogP contribution in [0.25, 0.3) is 0 Å². The van der Waals surface area contributed by atoms with E-state index in [1.165, 1.54) is 6.07 Å². The smallest absolute Gasteiger partial charge is 0.214 e. The van der Waals surface area contributed by atoms with Gasteiger partial charge in [-0.25, -0.2) is 13.8 Å². The Kier molecular flexibility index (Phi) is 3.82. The Morgan fingerprint density at radius 2 is 2.00 bits per heavy atom. The number of fused-ring (bicyclic) bond motifs is 3. The number of hydrogen-bond acceptors (Lipinski definition) is 5. The maximum Gasteiger partial charge on any atom is 0.214 e. The maximum atomic E-state index is 13.9. The van der Waals surface area contributed by atoms with Crippen LogP contribution in [0.4, 0.5) is 8.78 Å². The molecule has 0 saturated carbocycles. The number of methoxy groups -OCH3 is 1. The lowest BCUT2D eigenvalue weighted by Gasteiger charge is -2.38. The van der Waals surface area contributed by atoms with E-state index in [4.69, 9.17) is 19.0 Å². The predicted octanol–water partition coefficient (Wildman–Crippen LogP) is 4.81. The van der Waals surface area contributed by atoms with E-state index >= 15 is 0 Å². The molecule has 2 aromatic carbocycles. The monoisotopic (exact) mass is 382 g/mol. The van der Waals surface area contributed by atoms with Crippen LogP contribution in [0.3, 0.4) is 0 Å². The Bertz CT molecular complexity index is 1070. The fraction of sp³-hybridized carbons (Fsp3) is 0.190. The van der Waals surface area contributed by atoms with Crippen LogP contribution in [0.5, 0.6) is 11.5 Å². The third-order valence-electron chi connectivity index (χ3n) is 5.03. The van der Waals surface area contributed by atoms with Crippen molar-refractivity contribution in [1.29, 1.82) is 0 Å². The Balaban J connectivity index is 1.64. The normalized spacial score (nSPS) is 20.2. The molecule has 0 bridgehead atoms. The first-order valence-electron chi connectivity index (χ1n) is 8.84. The van der Waals surface area contributed by atoms with Crippen LogP contribution < -0.4 is 9.47 Å². The van der Waals surface area contributed by atoms with E-state index < -0.39 is 17.9 Å². The van der Waals surface area contributed by atoms with Crippen LogP contribution in [0, 0.1) is 11.6 Å². The van der Waals surface area contributed by atoms with E-state index in [1.807, 2.05) is 18.2 Å². The summed E-state index contributed by atoms with van der Waals surface area (Å²) in [6.07, 6.45) is 1.46. The molecular formula is C21H16F2N2O3. The summed E-state index contributed by atoms with van der Waals surface area (Å²) >= 11 is 0. The van der Waals surface area contributed by atoms with Gasteiger partial charge in [-0.2, -0.15) is 5.10 Å². The van der Waals surface area contributed by atoms with Crippen LogP contribution in [0.1, 0.15) is 35.6 Å². The molecule has 0 saturated heterocycles. The van der Waals surface area contributed by atoms with Crippen molar-refractivity contribution >= 4 is 5.71 Å². The van der Waals surface area contributed by atoms with Crippen LogP contribution in [0.2, 0.25) is 0 Å². The van der Waals surface area contributed by atoms with Gasteiger partial charge in [-0.05, 0) is 30.3 Å². The van der Waals surface area contributed by atoms with Crippen molar-refractivity contribution in [3.63, 3.8) is 0 Å². The number of hydrogen-bond donors (Lipinski definition) is 0. The molecule has 0 aliphatic carbocycles. The van der Waals surface area contributed by atoms with Gasteiger partial charge in [-0.1, -0.05) is 18.2 Å². The molecule has 0 unspecified atom stereocenters. The zero-order valence-electron chi connectivity index (χ0n) is 14.9. The number of nitrogens with zero attached hydrogens (tertiary/aromatic N) is 2. The molecule has 7 heteroatoms. The van der Waals surface area contributed by atoms with Crippen LogP contribution >= 0.6 is 0 Å². The van der Waals surface area contributed by atoms with Gasteiger partial charge in [0.25, 0.3) is 0 Å². The van der Waals surface area contributed by atoms with Gasteiger partial charge in [-0.3, -0.25) is 0 Å². The standard InChI is InChI=1S/C21H16F2N2O3/c1-26-19-5-2-4-13-17-11-16(18-6-3-9-27-18)24-25(17)21(28-20(13)19)12-7-8-14(22)15(23)10-12/h2-10,17,21H,11H2,1H3/t17-,21-/m1/s1. The zero-order chi connectivity index (χ0) is 19.3. The number of hydrazone groups is 1. The van der Waals surface area contributed by atoms with E-state index in [-0.39, 0.29) is 6.04 Å². The molecule has 5 rings (SSSR count). The van der Waals surface area contributed by atoms with Gasteiger partial charge in [-0.15, -0.1) is 0 Å². The fourth-order valence-corrected chi connectivity index (χ4v) is 3.72. The highest BCUT2D eigenvalue weighted by atomic mass is 19.2. The van der Waals surface area contributed by atoms with Gasteiger partial charge < -0.3 is 13.9 Å². The molecule has 0 N–H and O–H groups in total. The zero-order valence-corrected chi connectivity index (χ0v) is 14.9. The minimum absolute atomic E-state index is 0.142. The van der Waals surface area contributed by atoms with E-state index in [9.17, 15) is 8.78 Å². The van der Waals surface area contributed by atoms with E-state index in [0.29, 0.717) is 29.2 Å². The molecule has 5 nitrogen and oxygen atoms in total. The molecule has 2 atom stereocenters. The number of para-hydroxylation sites is 1. The highest BCUT2D eigenvalue weighted by molar-refractivity contribution is 5.99. The van der Waals surface area contributed by atoms with Gasteiger partial charge in [0.2, 0.25) is 6.23 Å². The number of rotatable bonds is 3. The van der Waals surface area contributed by atoms with Crippen LogP contribution in [-0.4, -0.2) is 17.8 Å². The minimum atomic E-state index is -0.932. The molecule has 142 valence electrons. The van der Waals surface area contributed by atoms with Crippen molar-refractivity contribution in [3.05, 3.63) is 83.3 Å². The predicted molar refractivity (Wildman–Crippen MR) is 97.2 cm³/mol. The van der Waals surface area contributed by atoms with Gasteiger partial charge in [0, 0.05) is 17.5 Å². The molecule has 2 aliphatic rings. The van der Waals surface area contributed by atoms with Crippen molar-refractivity contribution in [3.8, 4) is 11.5 Å². The van der Waals surface area contributed by atoms with E-state index in [2.05, 4.69) is 0 Å². The molecule has 2 aliphatic heterocycles. The summed E-state index contributed by atoms with van der Waals surface area (Å²) in [5, 5.41) is 6.46. The van der Waals surface area contributed by atoms with Gasteiger partial charge in [0.05, 0.1) is 19.4 Å². The van der Waals surface area contributed by atoms with Crippen molar-refractivity contribution in [2.75, 3.05) is 7.11 Å². The average molecular weight is 382 g/mol. The Morgan fingerprint density at radius 1 is 1.11 bits per heavy atom. The average Bonchev–Trinajstić information content (AvgIpc) is 3.38. The quantitative estimate of drug-likeness (QED) is 0.652. The first-order chi connectivity index (χ1) is 13.7. The number of benzene rings is 2. The molecule has 1 aromatic heterocycles. The summed E-state index contributed by atoms with van der Waals surface area (Å²) in [5.41, 5.74) is 2.15. The maximum absolute atomic E-state index is 13.9.